The molecule has 0 radical (unpaired) electrons. The molecule has 1 atom stereocenters. The van der Waals surface area contributed by atoms with E-state index in [1.165, 1.54) is 0 Å². The monoisotopic (exact) mass is 289 g/mol. The van der Waals surface area contributed by atoms with E-state index in [9.17, 15) is 0 Å². The molecule has 2 aromatic rings. The van der Waals surface area contributed by atoms with Crippen LogP contribution in [-0.2, 0) is 16.7 Å². The van der Waals surface area contributed by atoms with E-state index in [2.05, 4.69) is 21.5 Å². The van der Waals surface area contributed by atoms with Crippen molar-refractivity contribution in [2.45, 2.75) is 45.8 Å². The highest BCUT2D eigenvalue weighted by molar-refractivity contribution is 5.46. The van der Waals surface area contributed by atoms with E-state index in [0.717, 1.165) is 11.3 Å². The molecule has 1 aromatic heterocycles. The number of benzene rings is 1. The molecule has 0 fully saturated rings. The second kappa shape index (κ2) is 6.26. The number of nitrogens with one attached hydrogen (secondary N) is 1. The van der Waals surface area contributed by atoms with Crippen molar-refractivity contribution in [3.63, 3.8) is 0 Å². The molecule has 0 saturated heterocycles. The molecule has 5 heteroatoms. The van der Waals surface area contributed by atoms with Crippen LogP contribution in [0.3, 0.4) is 0 Å². The average molecular weight is 289 g/mol. The molecule has 1 unspecified atom stereocenters. The minimum atomic E-state index is -0.126. The van der Waals surface area contributed by atoms with Gasteiger partial charge in [-0.2, -0.15) is 4.98 Å². The first-order chi connectivity index (χ1) is 9.90. The lowest BCUT2D eigenvalue weighted by Crippen LogP contribution is -2.12. The van der Waals surface area contributed by atoms with Crippen LogP contribution in [-0.4, -0.2) is 17.3 Å². The molecule has 0 aliphatic heterocycles. The van der Waals surface area contributed by atoms with Gasteiger partial charge in [0.1, 0.15) is 0 Å². The quantitative estimate of drug-likeness (QED) is 0.909. The maximum absolute atomic E-state index is 5.33. The largest absolute Gasteiger partial charge is 0.378 e. The summed E-state index contributed by atoms with van der Waals surface area (Å²) in [5.74, 6) is 1.31. The van der Waals surface area contributed by atoms with Crippen LogP contribution in [0.5, 0.6) is 0 Å². The highest BCUT2D eigenvalue weighted by Gasteiger charge is 2.21. The molecule has 114 valence electrons. The van der Waals surface area contributed by atoms with Crippen molar-refractivity contribution in [2.24, 2.45) is 0 Å². The Morgan fingerprint density at radius 3 is 2.71 bits per heavy atom. The molecule has 0 bridgehead atoms. The highest BCUT2D eigenvalue weighted by atomic mass is 16.5. The van der Waals surface area contributed by atoms with E-state index < -0.39 is 0 Å². The van der Waals surface area contributed by atoms with Crippen molar-refractivity contribution in [1.82, 2.24) is 10.1 Å². The number of hydrogen-bond donors (Lipinski definition) is 1. The summed E-state index contributed by atoms with van der Waals surface area (Å²) in [5, 5.41) is 7.30. The number of anilines is 1. The minimum Gasteiger partial charge on any atom is -0.378 e. The molecular weight excluding hydrogens is 266 g/mol. The van der Waals surface area contributed by atoms with Gasteiger partial charge in [0.25, 0.3) is 0 Å². The van der Waals surface area contributed by atoms with Gasteiger partial charge in [-0.15, -0.1) is 0 Å². The van der Waals surface area contributed by atoms with Gasteiger partial charge in [-0.3, -0.25) is 0 Å². The zero-order valence-electron chi connectivity index (χ0n) is 13.3. The van der Waals surface area contributed by atoms with Gasteiger partial charge in [-0.05, 0) is 24.6 Å². The molecule has 0 aliphatic carbocycles. The number of nitrogens with zero attached hydrogens (tertiary/aromatic N) is 2. The molecular formula is C16H23N3O2. The standard InChI is InChI=1S/C16H23N3O2/c1-11(20-5)12-7-6-8-13(9-12)17-10-14-18-15(21-19-14)16(2,3)4/h6-9,11,17H,10H2,1-5H3. The molecule has 1 heterocycles. The SMILES string of the molecule is COC(C)c1cccc(NCc2noc(C(C)(C)C)n2)c1. The average Bonchev–Trinajstić information content (AvgIpc) is 2.93. The minimum absolute atomic E-state index is 0.0735. The van der Waals surface area contributed by atoms with Gasteiger partial charge in [-0.1, -0.05) is 38.1 Å². The second-order valence-corrected chi connectivity index (χ2v) is 6.12. The normalized spacial score (nSPS) is 13.2. The van der Waals surface area contributed by atoms with Crippen molar-refractivity contribution in [1.29, 1.82) is 0 Å². The smallest absolute Gasteiger partial charge is 0.232 e. The van der Waals surface area contributed by atoms with Gasteiger partial charge < -0.3 is 14.6 Å². The van der Waals surface area contributed by atoms with Crippen molar-refractivity contribution < 1.29 is 9.26 Å². The Bertz CT molecular complexity index is 587. The molecule has 0 aliphatic rings. The second-order valence-electron chi connectivity index (χ2n) is 6.12. The molecule has 0 spiro atoms. The Morgan fingerprint density at radius 2 is 2.10 bits per heavy atom. The van der Waals surface area contributed by atoms with Crippen molar-refractivity contribution in [3.8, 4) is 0 Å². The predicted octanol–water partition coefficient (Wildman–Crippen LogP) is 3.69. The molecule has 5 nitrogen and oxygen atoms in total. The Hall–Kier alpha value is -1.88. The molecule has 0 amide bonds. The van der Waals surface area contributed by atoms with Crippen molar-refractivity contribution >= 4 is 5.69 Å². The van der Waals surface area contributed by atoms with Crippen molar-refractivity contribution in [2.75, 3.05) is 12.4 Å². The van der Waals surface area contributed by atoms with Gasteiger partial charge >= 0.3 is 0 Å². The Balaban J connectivity index is 2.01. The number of methoxy groups -OCH3 is 1. The molecule has 21 heavy (non-hydrogen) atoms. The van der Waals surface area contributed by atoms with Crippen LogP contribution >= 0.6 is 0 Å². The lowest BCUT2D eigenvalue weighted by Gasteiger charge is -2.12. The molecule has 0 saturated carbocycles. The summed E-state index contributed by atoms with van der Waals surface area (Å²) in [5.41, 5.74) is 2.02. The maximum Gasteiger partial charge on any atom is 0.232 e. The fourth-order valence-corrected chi connectivity index (χ4v) is 1.85. The Kier molecular flexibility index (Phi) is 4.63. The third-order valence-electron chi connectivity index (χ3n) is 3.27. The van der Waals surface area contributed by atoms with Crippen LogP contribution in [0.15, 0.2) is 28.8 Å². The van der Waals surface area contributed by atoms with E-state index in [1.54, 1.807) is 7.11 Å². The van der Waals surface area contributed by atoms with E-state index >= 15 is 0 Å². The van der Waals surface area contributed by atoms with Crippen LogP contribution in [0.4, 0.5) is 5.69 Å². The maximum atomic E-state index is 5.33. The fourth-order valence-electron chi connectivity index (χ4n) is 1.85. The van der Waals surface area contributed by atoms with Gasteiger partial charge in [-0.25, -0.2) is 0 Å². The van der Waals surface area contributed by atoms with Gasteiger partial charge in [0.05, 0.1) is 12.6 Å². The first kappa shape index (κ1) is 15.5. The predicted molar refractivity (Wildman–Crippen MR) is 82.2 cm³/mol. The zero-order valence-corrected chi connectivity index (χ0v) is 13.3. The Labute approximate surface area is 125 Å². The van der Waals surface area contributed by atoms with E-state index in [1.807, 2.05) is 45.9 Å². The van der Waals surface area contributed by atoms with Crippen LogP contribution in [0.1, 0.15) is 51.1 Å². The highest BCUT2D eigenvalue weighted by Crippen LogP contribution is 2.21. The third kappa shape index (κ3) is 4.04. The van der Waals surface area contributed by atoms with Gasteiger partial charge in [0.2, 0.25) is 5.89 Å². The molecule has 1 aromatic carbocycles. The molecule has 2 rings (SSSR count). The van der Waals surface area contributed by atoms with Crippen molar-refractivity contribution in [3.05, 3.63) is 41.5 Å². The summed E-state index contributed by atoms with van der Waals surface area (Å²) in [6, 6.07) is 8.13. The number of aromatic nitrogens is 2. The summed E-state index contributed by atoms with van der Waals surface area (Å²) in [7, 11) is 1.71. The summed E-state index contributed by atoms with van der Waals surface area (Å²) in [6.07, 6.45) is 0.0735. The van der Waals surface area contributed by atoms with Gasteiger partial charge in [0, 0.05) is 18.2 Å². The number of ether oxygens (including phenoxy) is 1. The first-order valence-corrected chi connectivity index (χ1v) is 7.10. The number of rotatable bonds is 5. The summed E-state index contributed by atoms with van der Waals surface area (Å²) >= 11 is 0. The molecule has 1 N–H and O–H groups in total. The van der Waals surface area contributed by atoms with Gasteiger partial charge in [0.15, 0.2) is 5.82 Å². The van der Waals surface area contributed by atoms with E-state index in [4.69, 9.17) is 9.26 Å². The fraction of sp³-hybridized carbons (Fsp3) is 0.500. The Morgan fingerprint density at radius 1 is 1.33 bits per heavy atom. The van der Waals surface area contributed by atoms with E-state index in [-0.39, 0.29) is 11.5 Å². The number of hydrogen-bond acceptors (Lipinski definition) is 5. The van der Waals surface area contributed by atoms with Crippen LogP contribution in [0, 0.1) is 0 Å². The summed E-state index contributed by atoms with van der Waals surface area (Å²) in [6.45, 7) is 8.70. The van der Waals surface area contributed by atoms with Crippen LogP contribution in [0.25, 0.3) is 0 Å². The first-order valence-electron chi connectivity index (χ1n) is 7.10. The van der Waals surface area contributed by atoms with Crippen LogP contribution < -0.4 is 5.32 Å². The van der Waals surface area contributed by atoms with E-state index in [0.29, 0.717) is 18.3 Å². The lowest BCUT2D eigenvalue weighted by atomic mass is 9.97. The summed E-state index contributed by atoms with van der Waals surface area (Å²) in [4.78, 5) is 4.41. The third-order valence-corrected chi connectivity index (χ3v) is 3.27. The topological polar surface area (TPSA) is 60.2 Å². The lowest BCUT2D eigenvalue weighted by molar-refractivity contribution is 0.119. The zero-order chi connectivity index (χ0) is 15.5. The summed E-state index contributed by atoms with van der Waals surface area (Å²) < 4.78 is 10.6. The van der Waals surface area contributed by atoms with Crippen LogP contribution in [0.2, 0.25) is 0 Å².